The Morgan fingerprint density at radius 1 is 1.00 bits per heavy atom. The molecule has 0 unspecified atom stereocenters. The lowest BCUT2D eigenvalue weighted by molar-refractivity contribution is -0.120. The number of nitrogens with one attached hydrogen (secondary N) is 2. The number of piperazine rings is 1. The lowest BCUT2D eigenvalue weighted by Crippen LogP contribution is -2.49. The van der Waals surface area contributed by atoms with Gasteiger partial charge in [-0.15, -0.1) is 0 Å². The molecule has 4 rings (SSSR count). The van der Waals surface area contributed by atoms with E-state index in [-0.39, 0.29) is 11.9 Å². The fourth-order valence-corrected chi connectivity index (χ4v) is 3.57. The van der Waals surface area contributed by atoms with Crippen molar-refractivity contribution in [1.82, 2.24) is 15.2 Å². The van der Waals surface area contributed by atoms with E-state index in [1.165, 1.54) is 5.69 Å². The molecule has 2 saturated heterocycles. The molecule has 2 aliphatic rings. The molecule has 2 aliphatic heterocycles. The van der Waals surface area contributed by atoms with Crippen LogP contribution in [0, 0.1) is 0 Å². The first-order valence-electron chi connectivity index (χ1n) is 8.30. The average molecular weight is 327 g/mol. The number of hydrogen-bond donors (Lipinski definition) is 2. The van der Waals surface area contributed by atoms with Crippen LogP contribution in [0.4, 0.5) is 16.2 Å². The van der Waals surface area contributed by atoms with Gasteiger partial charge in [0.15, 0.2) is 0 Å². The highest BCUT2D eigenvalue weighted by molar-refractivity contribution is 6.11. The number of carbonyl (C=O) groups is 2. The Hall–Kier alpha value is -2.54. The van der Waals surface area contributed by atoms with Crippen LogP contribution in [0.25, 0.3) is 10.9 Å². The van der Waals surface area contributed by atoms with Crippen LogP contribution in [0.15, 0.2) is 24.4 Å². The quantitative estimate of drug-likeness (QED) is 0.864. The normalized spacial score (nSPS) is 19.0. The number of imide groups is 1. The second-order valence-electron chi connectivity index (χ2n) is 6.28. The molecule has 3 heterocycles. The summed E-state index contributed by atoms with van der Waals surface area (Å²) in [5.41, 5.74) is 3.17. The first-order chi connectivity index (χ1) is 11.6. The molecule has 7 heteroatoms. The molecule has 2 N–H and O–H groups in total. The van der Waals surface area contributed by atoms with Crippen molar-refractivity contribution < 1.29 is 9.59 Å². The molecule has 0 atom stereocenters. The lowest BCUT2D eigenvalue weighted by Gasteiger charge is -2.32. The Kier molecular flexibility index (Phi) is 3.65. The monoisotopic (exact) mass is 327 g/mol. The number of amides is 3. The summed E-state index contributed by atoms with van der Waals surface area (Å²) < 4.78 is 2.10. The topological polar surface area (TPSA) is 69.6 Å². The van der Waals surface area contributed by atoms with Crippen molar-refractivity contribution in [2.45, 2.75) is 6.42 Å². The largest absolute Gasteiger partial charge is 0.367 e. The lowest BCUT2D eigenvalue weighted by atomic mass is 10.1. The van der Waals surface area contributed by atoms with Crippen molar-refractivity contribution in [3.05, 3.63) is 24.4 Å². The van der Waals surface area contributed by atoms with Crippen LogP contribution < -0.4 is 20.4 Å². The number of aryl methyl sites for hydroxylation is 1. The molecule has 0 spiro atoms. The maximum absolute atomic E-state index is 12.2. The third-order valence-electron chi connectivity index (χ3n) is 4.79. The van der Waals surface area contributed by atoms with Gasteiger partial charge >= 0.3 is 6.03 Å². The standard InChI is InChI=1S/C17H21N5O2/c1-20-8-4-12-13(22-9-5-15(23)19-17(22)24)2-3-14(16(12)20)21-10-6-18-7-11-21/h2-4,8,18H,5-7,9-11H2,1H3,(H,19,23,24). The van der Waals surface area contributed by atoms with Gasteiger partial charge in [-0.25, -0.2) is 4.79 Å². The number of benzene rings is 1. The van der Waals surface area contributed by atoms with Crippen LogP contribution in [0.1, 0.15) is 6.42 Å². The summed E-state index contributed by atoms with van der Waals surface area (Å²) >= 11 is 0. The first-order valence-corrected chi connectivity index (χ1v) is 8.30. The van der Waals surface area contributed by atoms with Crippen molar-refractivity contribution in [1.29, 1.82) is 0 Å². The molecular formula is C17H21N5O2. The minimum atomic E-state index is -0.341. The predicted octanol–water partition coefficient (Wildman–Crippen LogP) is 1.03. The van der Waals surface area contributed by atoms with Crippen LogP contribution >= 0.6 is 0 Å². The smallest absolute Gasteiger partial charge is 0.328 e. The second kappa shape index (κ2) is 5.83. The summed E-state index contributed by atoms with van der Waals surface area (Å²) in [5.74, 6) is -0.210. The second-order valence-corrected chi connectivity index (χ2v) is 6.28. The molecule has 0 bridgehead atoms. The van der Waals surface area contributed by atoms with Gasteiger partial charge in [-0.05, 0) is 18.2 Å². The van der Waals surface area contributed by atoms with Crippen molar-refractivity contribution >= 4 is 34.2 Å². The van der Waals surface area contributed by atoms with Gasteiger partial charge in [-0.3, -0.25) is 15.0 Å². The number of anilines is 2. The molecular weight excluding hydrogens is 306 g/mol. The summed E-state index contributed by atoms with van der Waals surface area (Å²) in [6, 6.07) is 5.79. The molecule has 0 saturated carbocycles. The van der Waals surface area contributed by atoms with Gasteiger partial charge in [0, 0.05) is 57.8 Å². The predicted molar refractivity (Wildman–Crippen MR) is 93.5 cm³/mol. The zero-order valence-corrected chi connectivity index (χ0v) is 13.7. The number of aromatic nitrogens is 1. The Morgan fingerprint density at radius 3 is 2.50 bits per heavy atom. The summed E-state index contributed by atoms with van der Waals surface area (Å²) in [7, 11) is 2.03. The number of urea groups is 1. The number of fused-ring (bicyclic) bond motifs is 1. The van der Waals surface area contributed by atoms with E-state index >= 15 is 0 Å². The third kappa shape index (κ3) is 2.41. The van der Waals surface area contributed by atoms with Gasteiger partial charge in [-0.1, -0.05) is 0 Å². The average Bonchev–Trinajstić information content (AvgIpc) is 2.98. The number of rotatable bonds is 2. The fourth-order valence-electron chi connectivity index (χ4n) is 3.57. The highest BCUT2D eigenvalue weighted by Gasteiger charge is 2.27. The van der Waals surface area contributed by atoms with E-state index in [0.717, 1.165) is 42.8 Å². The van der Waals surface area contributed by atoms with Crippen LogP contribution in [-0.4, -0.2) is 49.2 Å². The molecule has 2 fully saturated rings. The molecule has 24 heavy (non-hydrogen) atoms. The third-order valence-corrected chi connectivity index (χ3v) is 4.79. The van der Waals surface area contributed by atoms with Crippen LogP contribution in [0.2, 0.25) is 0 Å². The van der Waals surface area contributed by atoms with Crippen molar-refractivity contribution in [2.24, 2.45) is 7.05 Å². The van der Waals surface area contributed by atoms with Gasteiger partial charge in [0.05, 0.1) is 16.9 Å². The van der Waals surface area contributed by atoms with Gasteiger partial charge in [-0.2, -0.15) is 0 Å². The summed E-state index contributed by atoms with van der Waals surface area (Å²) in [4.78, 5) is 27.6. The molecule has 0 aliphatic carbocycles. The van der Waals surface area contributed by atoms with Crippen LogP contribution in [0.3, 0.4) is 0 Å². The molecule has 1 aromatic heterocycles. The van der Waals surface area contributed by atoms with E-state index in [0.29, 0.717) is 13.0 Å². The number of carbonyl (C=O) groups excluding carboxylic acids is 2. The molecule has 0 radical (unpaired) electrons. The molecule has 1 aromatic carbocycles. The number of nitrogens with zero attached hydrogens (tertiary/aromatic N) is 3. The maximum Gasteiger partial charge on any atom is 0.328 e. The van der Waals surface area contributed by atoms with Gasteiger partial charge in [0.25, 0.3) is 0 Å². The van der Waals surface area contributed by atoms with E-state index in [9.17, 15) is 9.59 Å². The highest BCUT2D eigenvalue weighted by atomic mass is 16.2. The zero-order valence-electron chi connectivity index (χ0n) is 13.7. The number of hydrogen-bond acceptors (Lipinski definition) is 4. The molecule has 3 amide bonds. The molecule has 2 aromatic rings. The van der Waals surface area contributed by atoms with E-state index in [1.807, 2.05) is 25.4 Å². The Balaban J connectivity index is 1.79. The summed E-state index contributed by atoms with van der Waals surface area (Å²) in [6.07, 6.45) is 2.35. The van der Waals surface area contributed by atoms with Crippen molar-refractivity contribution in [3.8, 4) is 0 Å². The Morgan fingerprint density at radius 2 is 1.75 bits per heavy atom. The van der Waals surface area contributed by atoms with E-state index in [1.54, 1.807) is 4.90 Å². The summed E-state index contributed by atoms with van der Waals surface area (Å²) in [5, 5.41) is 6.81. The van der Waals surface area contributed by atoms with Crippen molar-refractivity contribution in [2.75, 3.05) is 42.5 Å². The van der Waals surface area contributed by atoms with E-state index < -0.39 is 0 Å². The maximum atomic E-state index is 12.2. The molecule has 126 valence electrons. The zero-order chi connectivity index (χ0) is 16.7. The Bertz CT molecular complexity index is 807. The van der Waals surface area contributed by atoms with Gasteiger partial charge < -0.3 is 14.8 Å². The SMILES string of the molecule is Cn1ccc2c(N3CCC(=O)NC3=O)ccc(N3CCNCC3)c21. The van der Waals surface area contributed by atoms with Gasteiger partial charge in [0.2, 0.25) is 5.91 Å². The molecule has 7 nitrogen and oxygen atoms in total. The highest BCUT2D eigenvalue weighted by Crippen LogP contribution is 2.35. The first kappa shape index (κ1) is 15.0. The van der Waals surface area contributed by atoms with E-state index in [4.69, 9.17) is 0 Å². The van der Waals surface area contributed by atoms with E-state index in [2.05, 4.69) is 26.2 Å². The Labute approximate surface area is 140 Å². The minimum absolute atomic E-state index is 0.210. The minimum Gasteiger partial charge on any atom is -0.367 e. The summed E-state index contributed by atoms with van der Waals surface area (Å²) in [6.45, 7) is 4.31. The van der Waals surface area contributed by atoms with Gasteiger partial charge in [0.1, 0.15) is 0 Å². The van der Waals surface area contributed by atoms with Crippen molar-refractivity contribution in [3.63, 3.8) is 0 Å². The van der Waals surface area contributed by atoms with Crippen LogP contribution in [0.5, 0.6) is 0 Å². The van der Waals surface area contributed by atoms with Crippen LogP contribution in [-0.2, 0) is 11.8 Å². The fraction of sp³-hybridized carbons (Fsp3) is 0.412.